The molecule has 0 spiro atoms. The monoisotopic (exact) mass is 448 g/mol. The Morgan fingerprint density at radius 2 is 1.52 bits per heavy atom. The number of nitro benzene ring substituents is 1. The molecule has 2 aromatic rings. The van der Waals surface area contributed by atoms with Gasteiger partial charge in [0.2, 0.25) is 0 Å². The van der Waals surface area contributed by atoms with Crippen molar-refractivity contribution in [3.8, 4) is 0 Å². The molecule has 2 aliphatic heterocycles. The molecule has 1 fully saturated rings. The number of non-ortho nitro benzene ring substituents is 1. The van der Waals surface area contributed by atoms with Gasteiger partial charge in [-0.3, -0.25) is 19.7 Å². The van der Waals surface area contributed by atoms with Crippen LogP contribution in [0.25, 0.3) is 5.57 Å². The van der Waals surface area contributed by atoms with Crippen molar-refractivity contribution in [2.45, 2.75) is 26.7 Å². The third kappa shape index (κ3) is 4.26. The van der Waals surface area contributed by atoms with Crippen LogP contribution in [0.3, 0.4) is 0 Å². The van der Waals surface area contributed by atoms with E-state index < -0.39 is 10.8 Å². The molecular formula is C25H28N4O4. The first-order chi connectivity index (χ1) is 15.8. The molecule has 2 amide bonds. The van der Waals surface area contributed by atoms with Crippen LogP contribution in [0.15, 0.2) is 54.2 Å². The zero-order valence-corrected chi connectivity index (χ0v) is 19.2. The second-order valence-electron chi connectivity index (χ2n) is 8.64. The highest BCUT2D eigenvalue weighted by molar-refractivity contribution is 6.45. The fraction of sp³-hybridized carbons (Fsp3) is 0.360. The summed E-state index contributed by atoms with van der Waals surface area (Å²) in [7, 11) is 0. The molecule has 0 aliphatic carbocycles. The van der Waals surface area contributed by atoms with E-state index in [0.29, 0.717) is 41.5 Å². The topological polar surface area (TPSA) is 87.0 Å². The molecular weight excluding hydrogens is 420 g/mol. The second kappa shape index (κ2) is 9.15. The van der Waals surface area contributed by atoms with E-state index in [1.54, 1.807) is 24.3 Å². The lowest BCUT2D eigenvalue weighted by molar-refractivity contribution is -0.384. The Morgan fingerprint density at radius 1 is 0.909 bits per heavy atom. The molecule has 2 aromatic carbocycles. The number of amides is 2. The van der Waals surface area contributed by atoms with E-state index in [2.05, 4.69) is 25.7 Å². The average Bonchev–Trinajstić information content (AvgIpc) is 3.09. The number of hydrogen-bond acceptors (Lipinski definition) is 6. The molecule has 8 heteroatoms. The summed E-state index contributed by atoms with van der Waals surface area (Å²) in [6, 6.07) is 13.3. The zero-order valence-electron chi connectivity index (χ0n) is 19.2. The van der Waals surface area contributed by atoms with Crippen LogP contribution in [0.4, 0.5) is 11.4 Å². The molecule has 0 atom stereocenters. The maximum absolute atomic E-state index is 13.6. The molecule has 0 N–H and O–H groups in total. The van der Waals surface area contributed by atoms with Crippen molar-refractivity contribution in [3.63, 3.8) is 0 Å². The van der Waals surface area contributed by atoms with Crippen molar-refractivity contribution in [2.24, 2.45) is 0 Å². The Kier molecular flexibility index (Phi) is 6.29. The fourth-order valence-corrected chi connectivity index (χ4v) is 4.35. The van der Waals surface area contributed by atoms with E-state index in [-0.39, 0.29) is 11.6 Å². The van der Waals surface area contributed by atoms with Gasteiger partial charge in [0.15, 0.2) is 0 Å². The minimum atomic E-state index is -0.479. The van der Waals surface area contributed by atoms with Crippen LogP contribution in [0, 0.1) is 10.1 Å². The second-order valence-corrected chi connectivity index (χ2v) is 8.64. The molecule has 0 unspecified atom stereocenters. The molecule has 2 heterocycles. The van der Waals surface area contributed by atoms with E-state index in [1.807, 2.05) is 17.0 Å². The van der Waals surface area contributed by atoms with Crippen molar-refractivity contribution in [1.82, 2.24) is 9.80 Å². The van der Waals surface area contributed by atoms with Crippen LogP contribution in [-0.2, 0) is 9.59 Å². The minimum absolute atomic E-state index is 0.0598. The van der Waals surface area contributed by atoms with Gasteiger partial charge in [0.05, 0.1) is 16.2 Å². The molecule has 33 heavy (non-hydrogen) atoms. The van der Waals surface area contributed by atoms with Crippen molar-refractivity contribution >= 4 is 28.8 Å². The van der Waals surface area contributed by atoms with Crippen LogP contribution in [-0.4, -0.2) is 59.3 Å². The summed E-state index contributed by atoms with van der Waals surface area (Å²) in [6.07, 6.45) is 0. The molecule has 0 radical (unpaired) electrons. The lowest BCUT2D eigenvalue weighted by Gasteiger charge is -2.36. The van der Waals surface area contributed by atoms with Gasteiger partial charge in [0.25, 0.3) is 17.5 Å². The number of nitro groups is 1. The lowest BCUT2D eigenvalue weighted by atomic mass is 10.0. The number of likely N-dealkylation sites (N-methyl/N-ethyl adjacent to an activating group) is 1. The van der Waals surface area contributed by atoms with Crippen LogP contribution < -0.4 is 4.90 Å². The summed E-state index contributed by atoms with van der Waals surface area (Å²) in [5.74, 6) is -0.419. The molecule has 1 saturated heterocycles. The maximum Gasteiger partial charge on any atom is 0.282 e. The summed E-state index contributed by atoms with van der Waals surface area (Å²) in [4.78, 5) is 43.3. The van der Waals surface area contributed by atoms with E-state index in [1.165, 1.54) is 17.0 Å². The minimum Gasteiger partial charge on any atom is -0.364 e. The van der Waals surface area contributed by atoms with E-state index in [9.17, 15) is 19.7 Å². The van der Waals surface area contributed by atoms with E-state index >= 15 is 0 Å². The Bertz CT molecular complexity index is 1100. The smallest absolute Gasteiger partial charge is 0.282 e. The first-order valence-corrected chi connectivity index (χ1v) is 11.3. The Morgan fingerprint density at radius 3 is 2.03 bits per heavy atom. The number of nitrogens with zero attached hydrogens (tertiary/aromatic N) is 4. The van der Waals surface area contributed by atoms with Crippen molar-refractivity contribution < 1.29 is 14.5 Å². The van der Waals surface area contributed by atoms with Crippen LogP contribution >= 0.6 is 0 Å². The van der Waals surface area contributed by atoms with Crippen LogP contribution in [0.5, 0.6) is 0 Å². The quantitative estimate of drug-likeness (QED) is 0.381. The SMILES string of the molecule is CCN1CCN(C2=C(c3ccc([N+](=O)[O-])cc3)C(=O)N(c3ccc(C(C)C)cc3)C2=O)CC1. The Labute approximate surface area is 193 Å². The van der Waals surface area contributed by atoms with Gasteiger partial charge < -0.3 is 9.80 Å². The highest BCUT2D eigenvalue weighted by Gasteiger charge is 2.43. The van der Waals surface area contributed by atoms with Gasteiger partial charge in [-0.2, -0.15) is 0 Å². The third-order valence-electron chi connectivity index (χ3n) is 6.38. The van der Waals surface area contributed by atoms with E-state index in [0.717, 1.165) is 25.2 Å². The number of imide groups is 1. The fourth-order valence-electron chi connectivity index (χ4n) is 4.35. The largest absolute Gasteiger partial charge is 0.364 e. The van der Waals surface area contributed by atoms with Gasteiger partial charge >= 0.3 is 0 Å². The molecule has 0 bridgehead atoms. The predicted molar refractivity (Wildman–Crippen MR) is 127 cm³/mol. The van der Waals surface area contributed by atoms with Crippen molar-refractivity contribution in [3.05, 3.63) is 75.5 Å². The number of anilines is 1. The number of carbonyl (C=O) groups excluding carboxylic acids is 2. The van der Waals surface area contributed by atoms with E-state index in [4.69, 9.17) is 0 Å². The number of carbonyl (C=O) groups is 2. The lowest BCUT2D eigenvalue weighted by Crippen LogP contribution is -2.47. The Balaban J connectivity index is 1.75. The Hall–Kier alpha value is -3.52. The third-order valence-corrected chi connectivity index (χ3v) is 6.38. The van der Waals surface area contributed by atoms with Gasteiger partial charge in [-0.1, -0.05) is 32.9 Å². The van der Waals surface area contributed by atoms with Gasteiger partial charge in [0.1, 0.15) is 5.70 Å². The van der Waals surface area contributed by atoms with Gasteiger partial charge in [-0.15, -0.1) is 0 Å². The first kappa shape index (κ1) is 22.7. The summed E-state index contributed by atoms with van der Waals surface area (Å²) >= 11 is 0. The molecule has 4 rings (SSSR count). The maximum atomic E-state index is 13.6. The van der Waals surface area contributed by atoms with Crippen LogP contribution in [0.1, 0.15) is 37.8 Å². The summed E-state index contributed by atoms with van der Waals surface area (Å²) < 4.78 is 0. The molecule has 2 aliphatic rings. The van der Waals surface area contributed by atoms with Crippen molar-refractivity contribution in [1.29, 1.82) is 0 Å². The highest BCUT2D eigenvalue weighted by Crippen LogP contribution is 2.36. The normalized spacial score (nSPS) is 17.5. The zero-order chi connectivity index (χ0) is 23.7. The number of hydrogen-bond donors (Lipinski definition) is 0. The van der Waals surface area contributed by atoms with Crippen molar-refractivity contribution in [2.75, 3.05) is 37.6 Å². The highest BCUT2D eigenvalue weighted by atomic mass is 16.6. The summed E-state index contributed by atoms with van der Waals surface area (Å²) in [5, 5.41) is 11.1. The number of piperazine rings is 1. The standard InChI is InChI=1S/C25H28N4O4/c1-4-26-13-15-27(16-14-26)23-22(19-7-11-21(12-8-19)29(32)33)24(30)28(25(23)31)20-9-5-18(6-10-20)17(2)3/h5-12,17H,4,13-16H2,1-3H3. The molecule has 172 valence electrons. The summed E-state index contributed by atoms with van der Waals surface area (Å²) in [5.41, 5.74) is 2.77. The van der Waals surface area contributed by atoms with Gasteiger partial charge in [0, 0.05) is 38.3 Å². The number of rotatable bonds is 6. The molecule has 0 aromatic heterocycles. The average molecular weight is 449 g/mol. The van der Waals surface area contributed by atoms with Crippen LogP contribution in [0.2, 0.25) is 0 Å². The van der Waals surface area contributed by atoms with Gasteiger partial charge in [-0.25, -0.2) is 4.90 Å². The number of benzene rings is 2. The first-order valence-electron chi connectivity index (χ1n) is 11.3. The summed E-state index contributed by atoms with van der Waals surface area (Å²) in [6.45, 7) is 10.1. The molecule has 0 saturated carbocycles. The van der Waals surface area contributed by atoms with Gasteiger partial charge in [-0.05, 0) is 47.9 Å². The molecule has 8 nitrogen and oxygen atoms in total. The predicted octanol–water partition coefficient (Wildman–Crippen LogP) is 3.64.